The molecule has 0 amide bonds. The van der Waals surface area contributed by atoms with E-state index in [1.807, 2.05) is 0 Å². The van der Waals surface area contributed by atoms with E-state index in [4.69, 9.17) is 5.73 Å². The molecule has 2 N–H and O–H groups in total. The molecule has 1 heterocycles. The number of nitrogen functional groups attached to an aromatic ring is 1. The second kappa shape index (κ2) is 6.39. The lowest BCUT2D eigenvalue weighted by atomic mass is 10.1. The van der Waals surface area contributed by atoms with Gasteiger partial charge >= 0.3 is 0 Å². The van der Waals surface area contributed by atoms with Crippen LogP contribution in [-0.2, 0) is 15.6 Å². The average Bonchev–Trinajstić information content (AvgIpc) is 2.40. The van der Waals surface area contributed by atoms with Gasteiger partial charge in [-0.15, -0.1) is 0 Å². The van der Waals surface area contributed by atoms with Crippen molar-refractivity contribution >= 4 is 15.5 Å². The van der Waals surface area contributed by atoms with E-state index in [0.717, 1.165) is 18.7 Å². The molecule has 0 bridgehead atoms. The Morgan fingerprint density at radius 2 is 1.68 bits per heavy atom. The number of sulfone groups is 1. The highest BCUT2D eigenvalue weighted by molar-refractivity contribution is 7.90. The molecule has 0 aromatic heterocycles. The summed E-state index contributed by atoms with van der Waals surface area (Å²) in [5.74, 6) is 0.360. The summed E-state index contributed by atoms with van der Waals surface area (Å²) in [4.78, 5) is 2.25. The molecule has 1 fully saturated rings. The van der Waals surface area contributed by atoms with E-state index in [9.17, 15) is 8.42 Å². The molecule has 1 aromatic carbocycles. The molecular weight excluding hydrogens is 260 g/mol. The third-order valence-corrected chi connectivity index (χ3v) is 5.11. The summed E-state index contributed by atoms with van der Waals surface area (Å²) in [7, 11) is -3.03. The van der Waals surface area contributed by atoms with Crippen LogP contribution in [0.3, 0.4) is 0 Å². The zero-order chi connectivity index (χ0) is 13.7. The van der Waals surface area contributed by atoms with Gasteiger partial charge in [0.15, 0.2) is 9.84 Å². The van der Waals surface area contributed by atoms with E-state index in [2.05, 4.69) is 4.90 Å². The van der Waals surface area contributed by atoms with E-state index in [-0.39, 0.29) is 11.5 Å². The highest BCUT2D eigenvalue weighted by Crippen LogP contribution is 2.12. The van der Waals surface area contributed by atoms with Crippen molar-refractivity contribution in [3.8, 4) is 0 Å². The SMILES string of the molecule is Nc1ccc(CS(=O)(=O)CCN2CCCCC2)cc1. The third-order valence-electron chi connectivity index (χ3n) is 3.53. The first-order chi connectivity index (χ1) is 9.05. The summed E-state index contributed by atoms with van der Waals surface area (Å²) < 4.78 is 24.1. The van der Waals surface area contributed by atoms with Crippen LogP contribution in [0, 0.1) is 0 Å². The molecule has 0 unspecified atom stereocenters. The van der Waals surface area contributed by atoms with Gasteiger partial charge in [0.05, 0.1) is 11.5 Å². The van der Waals surface area contributed by atoms with Crippen LogP contribution in [-0.4, -0.2) is 38.7 Å². The van der Waals surface area contributed by atoms with Crippen molar-refractivity contribution in [2.24, 2.45) is 0 Å². The van der Waals surface area contributed by atoms with Crippen LogP contribution in [0.2, 0.25) is 0 Å². The summed E-state index contributed by atoms with van der Waals surface area (Å²) in [6.07, 6.45) is 3.66. The first-order valence-corrected chi connectivity index (χ1v) is 8.64. The second-order valence-corrected chi connectivity index (χ2v) is 7.42. The van der Waals surface area contributed by atoms with E-state index in [1.165, 1.54) is 19.3 Å². The maximum absolute atomic E-state index is 12.1. The van der Waals surface area contributed by atoms with Crippen LogP contribution < -0.4 is 5.73 Å². The lowest BCUT2D eigenvalue weighted by Crippen LogP contribution is -2.34. The minimum Gasteiger partial charge on any atom is -0.399 e. The summed E-state index contributed by atoms with van der Waals surface area (Å²) >= 11 is 0. The number of likely N-dealkylation sites (tertiary alicyclic amines) is 1. The van der Waals surface area contributed by atoms with Crippen molar-refractivity contribution in [2.45, 2.75) is 25.0 Å². The molecular formula is C14H22N2O2S. The molecule has 0 radical (unpaired) electrons. The average molecular weight is 282 g/mol. The fraction of sp³-hybridized carbons (Fsp3) is 0.571. The number of benzene rings is 1. The molecule has 0 saturated carbocycles. The monoisotopic (exact) mass is 282 g/mol. The summed E-state index contributed by atoms with van der Waals surface area (Å²) in [5.41, 5.74) is 7.06. The minimum atomic E-state index is -3.03. The maximum atomic E-state index is 12.1. The molecule has 0 spiro atoms. The summed E-state index contributed by atoms with van der Waals surface area (Å²) in [5, 5.41) is 0. The van der Waals surface area contributed by atoms with E-state index in [0.29, 0.717) is 12.2 Å². The van der Waals surface area contributed by atoms with Crippen molar-refractivity contribution in [1.82, 2.24) is 4.90 Å². The fourth-order valence-electron chi connectivity index (χ4n) is 2.39. The molecule has 2 rings (SSSR count). The number of nitrogens with zero attached hydrogens (tertiary/aromatic N) is 1. The second-order valence-electron chi connectivity index (χ2n) is 5.24. The van der Waals surface area contributed by atoms with Gasteiger partial charge in [-0.3, -0.25) is 0 Å². The van der Waals surface area contributed by atoms with Gasteiger partial charge in [0, 0.05) is 12.2 Å². The predicted octanol–water partition coefficient (Wildman–Crippen LogP) is 1.67. The number of hydrogen-bond acceptors (Lipinski definition) is 4. The smallest absolute Gasteiger partial charge is 0.155 e. The maximum Gasteiger partial charge on any atom is 0.155 e. The van der Waals surface area contributed by atoms with Crippen molar-refractivity contribution in [3.05, 3.63) is 29.8 Å². The zero-order valence-corrected chi connectivity index (χ0v) is 12.0. The topological polar surface area (TPSA) is 63.4 Å². The zero-order valence-electron chi connectivity index (χ0n) is 11.2. The molecule has 1 aromatic rings. The molecule has 106 valence electrons. The Balaban J connectivity index is 1.85. The van der Waals surface area contributed by atoms with Gasteiger partial charge in [-0.1, -0.05) is 18.6 Å². The van der Waals surface area contributed by atoms with Crippen molar-refractivity contribution in [2.75, 3.05) is 31.1 Å². The molecule has 1 aliphatic heterocycles. The van der Waals surface area contributed by atoms with Gasteiger partial charge < -0.3 is 10.6 Å². The Morgan fingerprint density at radius 1 is 1.05 bits per heavy atom. The van der Waals surface area contributed by atoms with Gasteiger partial charge in [-0.05, 0) is 43.6 Å². The lowest BCUT2D eigenvalue weighted by molar-refractivity contribution is 0.241. The van der Waals surface area contributed by atoms with E-state index in [1.54, 1.807) is 24.3 Å². The number of anilines is 1. The molecule has 1 aliphatic rings. The largest absolute Gasteiger partial charge is 0.399 e. The first-order valence-electron chi connectivity index (χ1n) is 6.82. The van der Waals surface area contributed by atoms with Crippen LogP contribution in [0.15, 0.2) is 24.3 Å². The third kappa shape index (κ3) is 4.84. The molecule has 5 heteroatoms. The molecule has 4 nitrogen and oxygen atoms in total. The van der Waals surface area contributed by atoms with Crippen LogP contribution in [0.25, 0.3) is 0 Å². The van der Waals surface area contributed by atoms with Gasteiger partial charge in [-0.25, -0.2) is 8.42 Å². The fourth-order valence-corrected chi connectivity index (χ4v) is 3.77. The number of nitrogens with two attached hydrogens (primary N) is 1. The highest BCUT2D eigenvalue weighted by atomic mass is 32.2. The Labute approximate surface area is 115 Å². The molecule has 0 atom stereocenters. The lowest BCUT2D eigenvalue weighted by Gasteiger charge is -2.26. The Kier molecular flexibility index (Phi) is 4.82. The van der Waals surface area contributed by atoms with Crippen LogP contribution in [0.4, 0.5) is 5.69 Å². The summed E-state index contributed by atoms with van der Waals surface area (Å²) in [6.45, 7) is 2.74. The predicted molar refractivity (Wildman–Crippen MR) is 78.6 cm³/mol. The van der Waals surface area contributed by atoms with Crippen LogP contribution >= 0.6 is 0 Å². The number of piperidine rings is 1. The van der Waals surface area contributed by atoms with Crippen LogP contribution in [0.5, 0.6) is 0 Å². The standard InChI is InChI=1S/C14H22N2O2S/c15-14-6-4-13(5-7-14)12-19(17,18)11-10-16-8-2-1-3-9-16/h4-7H,1-3,8-12,15H2. The first kappa shape index (κ1) is 14.3. The van der Waals surface area contributed by atoms with Crippen molar-refractivity contribution in [3.63, 3.8) is 0 Å². The quantitative estimate of drug-likeness (QED) is 0.834. The van der Waals surface area contributed by atoms with Crippen molar-refractivity contribution < 1.29 is 8.42 Å². The van der Waals surface area contributed by atoms with E-state index >= 15 is 0 Å². The van der Waals surface area contributed by atoms with E-state index < -0.39 is 9.84 Å². The number of hydrogen-bond donors (Lipinski definition) is 1. The van der Waals surface area contributed by atoms with Crippen LogP contribution in [0.1, 0.15) is 24.8 Å². The van der Waals surface area contributed by atoms with Gasteiger partial charge in [0.1, 0.15) is 0 Å². The van der Waals surface area contributed by atoms with Gasteiger partial charge in [0.2, 0.25) is 0 Å². The van der Waals surface area contributed by atoms with Gasteiger partial charge in [-0.2, -0.15) is 0 Å². The molecule has 0 aliphatic carbocycles. The Bertz CT molecular complexity index is 491. The van der Waals surface area contributed by atoms with Gasteiger partial charge in [0.25, 0.3) is 0 Å². The summed E-state index contributed by atoms with van der Waals surface area (Å²) in [6, 6.07) is 7.06. The van der Waals surface area contributed by atoms with Crippen molar-refractivity contribution in [1.29, 1.82) is 0 Å². The highest BCUT2D eigenvalue weighted by Gasteiger charge is 2.16. The Morgan fingerprint density at radius 3 is 2.32 bits per heavy atom. The minimum absolute atomic E-state index is 0.112. The molecule has 1 saturated heterocycles. The molecule has 19 heavy (non-hydrogen) atoms. The Hall–Kier alpha value is -1.07. The normalized spacial score (nSPS) is 17.5. The number of rotatable bonds is 5.